The van der Waals surface area contributed by atoms with Crippen LogP contribution in [-0.4, -0.2) is 37.6 Å². The molecular weight excluding hydrogens is 307 g/mol. The molecule has 2 aromatic rings. The van der Waals surface area contributed by atoms with Crippen LogP contribution in [0, 0.1) is 5.82 Å². The quantitative estimate of drug-likeness (QED) is 0.938. The number of methoxy groups -OCH3 is 1. The number of hydrogen-bond donors (Lipinski definition) is 1. The van der Waals surface area contributed by atoms with Gasteiger partial charge < -0.3 is 15.0 Å². The van der Waals surface area contributed by atoms with Crippen LogP contribution in [0.3, 0.4) is 0 Å². The lowest BCUT2D eigenvalue weighted by Gasteiger charge is -2.36. The number of rotatable bonds is 4. The molecule has 3 rings (SSSR count). The number of hydrogen-bond acceptors (Lipinski definition) is 3. The van der Waals surface area contributed by atoms with Crippen molar-refractivity contribution in [2.24, 2.45) is 0 Å². The van der Waals surface area contributed by atoms with E-state index < -0.39 is 0 Å². The third kappa shape index (κ3) is 3.63. The van der Waals surface area contributed by atoms with E-state index in [0.717, 1.165) is 17.7 Å². The molecule has 1 N–H and O–H groups in total. The van der Waals surface area contributed by atoms with Crippen LogP contribution in [0.25, 0.3) is 0 Å². The highest BCUT2D eigenvalue weighted by atomic mass is 19.1. The van der Waals surface area contributed by atoms with E-state index in [9.17, 15) is 9.18 Å². The summed E-state index contributed by atoms with van der Waals surface area (Å²) < 4.78 is 18.7. The summed E-state index contributed by atoms with van der Waals surface area (Å²) in [6, 6.07) is 13.8. The first-order chi connectivity index (χ1) is 11.7. The van der Waals surface area contributed by atoms with Crippen LogP contribution in [0.4, 0.5) is 4.39 Å². The van der Waals surface area contributed by atoms with Gasteiger partial charge in [-0.3, -0.25) is 4.79 Å². The van der Waals surface area contributed by atoms with Crippen LogP contribution in [0.5, 0.6) is 0 Å². The monoisotopic (exact) mass is 328 g/mol. The molecule has 1 aliphatic heterocycles. The molecule has 0 bridgehead atoms. The van der Waals surface area contributed by atoms with E-state index in [1.54, 1.807) is 13.2 Å². The predicted molar refractivity (Wildman–Crippen MR) is 90.2 cm³/mol. The number of ether oxygens (including phenoxy) is 1. The number of nitrogens with zero attached hydrogens (tertiary/aromatic N) is 1. The van der Waals surface area contributed by atoms with Crippen molar-refractivity contribution in [3.05, 3.63) is 71.0 Å². The number of halogens is 1. The first kappa shape index (κ1) is 16.6. The Balaban J connectivity index is 1.87. The second-order valence-corrected chi connectivity index (χ2v) is 5.91. The zero-order valence-corrected chi connectivity index (χ0v) is 13.7. The van der Waals surface area contributed by atoms with Gasteiger partial charge in [0, 0.05) is 32.3 Å². The zero-order chi connectivity index (χ0) is 16.9. The number of piperazine rings is 1. The fourth-order valence-electron chi connectivity index (χ4n) is 3.09. The molecule has 1 atom stereocenters. The van der Waals surface area contributed by atoms with Crippen LogP contribution >= 0.6 is 0 Å². The van der Waals surface area contributed by atoms with E-state index in [1.807, 2.05) is 35.2 Å². The van der Waals surface area contributed by atoms with Crippen LogP contribution in [-0.2, 0) is 11.3 Å². The van der Waals surface area contributed by atoms with E-state index in [2.05, 4.69) is 5.32 Å². The third-order valence-electron chi connectivity index (χ3n) is 4.22. The van der Waals surface area contributed by atoms with Gasteiger partial charge in [-0.05, 0) is 35.4 Å². The molecule has 1 fully saturated rings. The number of benzene rings is 2. The Morgan fingerprint density at radius 1 is 1.29 bits per heavy atom. The number of nitrogens with one attached hydrogen (secondary N) is 1. The van der Waals surface area contributed by atoms with Gasteiger partial charge in [-0.25, -0.2) is 4.39 Å². The number of amides is 1. The van der Waals surface area contributed by atoms with Crippen LogP contribution in [0.15, 0.2) is 48.5 Å². The van der Waals surface area contributed by atoms with Gasteiger partial charge in [0.05, 0.1) is 12.6 Å². The zero-order valence-electron chi connectivity index (χ0n) is 13.7. The minimum atomic E-state index is -0.285. The van der Waals surface area contributed by atoms with Crippen molar-refractivity contribution < 1.29 is 13.9 Å². The molecule has 1 saturated heterocycles. The van der Waals surface area contributed by atoms with Crippen molar-refractivity contribution in [1.29, 1.82) is 0 Å². The van der Waals surface area contributed by atoms with Gasteiger partial charge in [0.2, 0.25) is 0 Å². The molecule has 1 unspecified atom stereocenters. The second kappa shape index (κ2) is 7.55. The predicted octanol–water partition coefficient (Wildman–Crippen LogP) is 2.76. The standard InChI is InChI=1S/C19H21FN2O2/c1-24-13-14-4-2-6-16(10-14)19(23)22-9-8-21-12-18(22)15-5-3-7-17(20)11-15/h2-7,10-11,18,21H,8-9,12-13H2,1H3. The van der Waals surface area contributed by atoms with Crippen LogP contribution in [0.2, 0.25) is 0 Å². The Morgan fingerprint density at radius 3 is 2.92 bits per heavy atom. The van der Waals surface area contributed by atoms with Crippen molar-refractivity contribution in [1.82, 2.24) is 10.2 Å². The van der Waals surface area contributed by atoms with Gasteiger partial charge in [-0.15, -0.1) is 0 Å². The minimum Gasteiger partial charge on any atom is -0.380 e. The van der Waals surface area contributed by atoms with Crippen molar-refractivity contribution in [3.8, 4) is 0 Å². The van der Waals surface area contributed by atoms with Crippen molar-refractivity contribution >= 4 is 5.91 Å². The van der Waals surface area contributed by atoms with Gasteiger partial charge in [-0.1, -0.05) is 24.3 Å². The molecule has 0 saturated carbocycles. The molecule has 2 aromatic carbocycles. The fraction of sp³-hybridized carbons (Fsp3) is 0.316. The van der Waals surface area contributed by atoms with Crippen molar-refractivity contribution in [3.63, 3.8) is 0 Å². The highest BCUT2D eigenvalue weighted by Gasteiger charge is 2.28. The van der Waals surface area contributed by atoms with E-state index in [0.29, 0.717) is 25.3 Å². The lowest BCUT2D eigenvalue weighted by Crippen LogP contribution is -2.48. The lowest BCUT2D eigenvalue weighted by molar-refractivity contribution is 0.0633. The molecule has 1 heterocycles. The van der Waals surface area contributed by atoms with Gasteiger partial charge in [0.1, 0.15) is 5.82 Å². The second-order valence-electron chi connectivity index (χ2n) is 5.91. The molecule has 1 aliphatic rings. The average molecular weight is 328 g/mol. The maximum absolute atomic E-state index is 13.6. The molecular formula is C19H21FN2O2. The Bertz CT molecular complexity index is 720. The van der Waals surface area contributed by atoms with Gasteiger partial charge >= 0.3 is 0 Å². The summed E-state index contributed by atoms with van der Waals surface area (Å²) >= 11 is 0. The lowest BCUT2D eigenvalue weighted by atomic mass is 10.0. The Morgan fingerprint density at radius 2 is 2.12 bits per heavy atom. The summed E-state index contributed by atoms with van der Waals surface area (Å²) in [5.41, 5.74) is 2.40. The number of carbonyl (C=O) groups excluding carboxylic acids is 1. The highest BCUT2D eigenvalue weighted by Crippen LogP contribution is 2.25. The van der Waals surface area contributed by atoms with Crippen molar-refractivity contribution in [2.75, 3.05) is 26.7 Å². The van der Waals surface area contributed by atoms with Gasteiger partial charge in [0.25, 0.3) is 5.91 Å². The summed E-state index contributed by atoms with van der Waals surface area (Å²) in [6.07, 6.45) is 0. The van der Waals surface area contributed by atoms with E-state index in [-0.39, 0.29) is 17.8 Å². The molecule has 4 nitrogen and oxygen atoms in total. The van der Waals surface area contributed by atoms with Crippen molar-refractivity contribution in [2.45, 2.75) is 12.6 Å². The van der Waals surface area contributed by atoms with Gasteiger partial charge in [-0.2, -0.15) is 0 Å². The smallest absolute Gasteiger partial charge is 0.254 e. The SMILES string of the molecule is COCc1cccc(C(=O)N2CCNCC2c2cccc(F)c2)c1. The van der Waals surface area contributed by atoms with E-state index in [4.69, 9.17) is 4.74 Å². The molecule has 5 heteroatoms. The summed E-state index contributed by atoms with van der Waals surface area (Å²) in [5, 5.41) is 3.28. The first-order valence-corrected chi connectivity index (χ1v) is 8.04. The highest BCUT2D eigenvalue weighted by molar-refractivity contribution is 5.94. The maximum Gasteiger partial charge on any atom is 0.254 e. The third-order valence-corrected chi connectivity index (χ3v) is 4.22. The molecule has 0 aromatic heterocycles. The summed E-state index contributed by atoms with van der Waals surface area (Å²) in [5.74, 6) is -0.323. The Hall–Kier alpha value is -2.24. The summed E-state index contributed by atoms with van der Waals surface area (Å²) in [6.45, 7) is 2.41. The van der Waals surface area contributed by atoms with E-state index in [1.165, 1.54) is 12.1 Å². The van der Waals surface area contributed by atoms with Crippen LogP contribution < -0.4 is 5.32 Å². The fourth-order valence-corrected chi connectivity index (χ4v) is 3.09. The molecule has 126 valence electrons. The minimum absolute atomic E-state index is 0.0382. The van der Waals surface area contributed by atoms with Crippen LogP contribution in [0.1, 0.15) is 27.5 Å². The normalized spacial score (nSPS) is 17.8. The molecule has 24 heavy (non-hydrogen) atoms. The first-order valence-electron chi connectivity index (χ1n) is 8.04. The number of carbonyl (C=O) groups is 1. The Labute approximate surface area is 141 Å². The molecule has 0 spiro atoms. The average Bonchev–Trinajstić information content (AvgIpc) is 2.62. The topological polar surface area (TPSA) is 41.6 Å². The van der Waals surface area contributed by atoms with Gasteiger partial charge in [0.15, 0.2) is 0 Å². The maximum atomic E-state index is 13.6. The van der Waals surface area contributed by atoms with E-state index >= 15 is 0 Å². The summed E-state index contributed by atoms with van der Waals surface area (Å²) in [4.78, 5) is 14.8. The molecule has 1 amide bonds. The largest absolute Gasteiger partial charge is 0.380 e. The Kier molecular flexibility index (Phi) is 5.23. The molecule has 0 radical (unpaired) electrons. The molecule has 0 aliphatic carbocycles. The summed E-state index contributed by atoms with van der Waals surface area (Å²) in [7, 11) is 1.63.